The molecule has 0 saturated heterocycles. The van der Waals surface area contributed by atoms with Gasteiger partial charge in [-0.1, -0.05) is 58.7 Å². The Bertz CT molecular complexity index is 663. The number of hydrogen-bond acceptors (Lipinski definition) is 2. The summed E-state index contributed by atoms with van der Waals surface area (Å²) in [4.78, 5) is 12.1. The molecule has 1 amide bonds. The minimum Gasteiger partial charge on any atom is -0.267 e. The van der Waals surface area contributed by atoms with E-state index in [9.17, 15) is 4.79 Å². The maximum absolute atomic E-state index is 12.1. The van der Waals surface area contributed by atoms with Gasteiger partial charge in [-0.25, -0.2) is 5.43 Å². The fraction of sp³-hybridized carbons (Fsp3) is 0.176. The Balaban J connectivity index is 2.14. The van der Waals surface area contributed by atoms with Gasteiger partial charge in [-0.15, -0.1) is 0 Å². The molecule has 2 rings (SSSR count). The van der Waals surface area contributed by atoms with Crippen molar-refractivity contribution in [2.45, 2.75) is 20.3 Å². The molecule has 0 aromatic heterocycles. The SMILES string of the molecule is CCC(=NNC(=O)c1cccc(Br)c1)c1ccc(C)cc1. The summed E-state index contributed by atoms with van der Waals surface area (Å²) >= 11 is 3.35. The van der Waals surface area contributed by atoms with E-state index in [-0.39, 0.29) is 5.91 Å². The Morgan fingerprint density at radius 2 is 1.86 bits per heavy atom. The smallest absolute Gasteiger partial charge is 0.267 e. The maximum atomic E-state index is 12.1. The van der Waals surface area contributed by atoms with Crippen LogP contribution in [0.2, 0.25) is 0 Å². The summed E-state index contributed by atoms with van der Waals surface area (Å²) in [6.07, 6.45) is 0.752. The van der Waals surface area contributed by atoms with Crippen LogP contribution < -0.4 is 5.43 Å². The van der Waals surface area contributed by atoms with Gasteiger partial charge in [0.1, 0.15) is 0 Å². The van der Waals surface area contributed by atoms with Gasteiger partial charge in [-0.05, 0) is 37.1 Å². The number of amides is 1. The summed E-state index contributed by atoms with van der Waals surface area (Å²) in [7, 11) is 0. The molecule has 0 bridgehead atoms. The first-order valence-electron chi connectivity index (χ1n) is 6.79. The van der Waals surface area contributed by atoms with Crippen molar-refractivity contribution in [2.24, 2.45) is 5.10 Å². The van der Waals surface area contributed by atoms with Crippen molar-refractivity contribution >= 4 is 27.5 Å². The molecule has 0 saturated carbocycles. The third kappa shape index (κ3) is 4.26. The van der Waals surface area contributed by atoms with E-state index in [0.717, 1.165) is 22.2 Å². The standard InChI is InChI=1S/C17H17BrN2O/c1-3-16(13-9-7-12(2)8-10-13)19-20-17(21)14-5-4-6-15(18)11-14/h4-11H,3H2,1-2H3,(H,20,21). The van der Waals surface area contributed by atoms with Gasteiger partial charge >= 0.3 is 0 Å². The summed E-state index contributed by atoms with van der Waals surface area (Å²) in [6, 6.07) is 15.3. The van der Waals surface area contributed by atoms with Crippen LogP contribution in [-0.2, 0) is 0 Å². The Kier molecular flexibility index (Phi) is 5.28. The van der Waals surface area contributed by atoms with Crippen molar-refractivity contribution in [3.05, 3.63) is 69.7 Å². The molecule has 4 heteroatoms. The van der Waals surface area contributed by atoms with Crippen LogP contribution in [0.25, 0.3) is 0 Å². The van der Waals surface area contributed by atoms with E-state index in [1.54, 1.807) is 12.1 Å². The molecule has 0 aliphatic carbocycles. The molecule has 0 atom stereocenters. The van der Waals surface area contributed by atoms with Crippen LogP contribution in [0.15, 0.2) is 58.1 Å². The van der Waals surface area contributed by atoms with E-state index in [0.29, 0.717) is 5.56 Å². The van der Waals surface area contributed by atoms with Crippen molar-refractivity contribution < 1.29 is 4.79 Å². The number of hydrogen-bond donors (Lipinski definition) is 1. The summed E-state index contributed by atoms with van der Waals surface area (Å²) in [5.41, 5.74) is 6.28. The zero-order chi connectivity index (χ0) is 15.2. The summed E-state index contributed by atoms with van der Waals surface area (Å²) < 4.78 is 0.869. The molecule has 1 N–H and O–H groups in total. The Morgan fingerprint density at radius 3 is 2.48 bits per heavy atom. The third-order valence-corrected chi connectivity index (χ3v) is 3.59. The molecule has 3 nitrogen and oxygen atoms in total. The zero-order valence-corrected chi connectivity index (χ0v) is 13.6. The van der Waals surface area contributed by atoms with E-state index < -0.39 is 0 Å². The van der Waals surface area contributed by atoms with Crippen LogP contribution in [-0.4, -0.2) is 11.6 Å². The number of nitrogens with zero attached hydrogens (tertiary/aromatic N) is 1. The minimum absolute atomic E-state index is 0.214. The molecule has 2 aromatic rings. The molecule has 2 aromatic carbocycles. The number of nitrogens with one attached hydrogen (secondary N) is 1. The molecule has 0 fully saturated rings. The predicted octanol–water partition coefficient (Wildman–Crippen LogP) is 4.30. The number of carbonyl (C=O) groups is 1. The summed E-state index contributed by atoms with van der Waals surface area (Å²) in [5.74, 6) is -0.214. The second-order valence-corrected chi connectivity index (χ2v) is 5.65. The van der Waals surface area contributed by atoms with E-state index in [2.05, 4.69) is 26.5 Å². The van der Waals surface area contributed by atoms with Crippen LogP contribution in [0.4, 0.5) is 0 Å². The minimum atomic E-state index is -0.214. The van der Waals surface area contributed by atoms with Gasteiger partial charge in [0.2, 0.25) is 0 Å². The van der Waals surface area contributed by atoms with Crippen molar-refractivity contribution in [2.75, 3.05) is 0 Å². The second-order valence-electron chi connectivity index (χ2n) is 4.73. The lowest BCUT2D eigenvalue weighted by Crippen LogP contribution is -2.20. The quantitative estimate of drug-likeness (QED) is 0.651. The molecular weight excluding hydrogens is 328 g/mol. The molecule has 0 radical (unpaired) electrons. The van der Waals surface area contributed by atoms with Crippen molar-refractivity contribution in [3.63, 3.8) is 0 Å². The van der Waals surface area contributed by atoms with Gasteiger partial charge in [-0.2, -0.15) is 5.10 Å². The average Bonchev–Trinajstić information content (AvgIpc) is 2.49. The summed E-state index contributed by atoms with van der Waals surface area (Å²) in [6.45, 7) is 4.06. The van der Waals surface area contributed by atoms with Gasteiger partial charge in [0, 0.05) is 10.0 Å². The highest BCUT2D eigenvalue weighted by Gasteiger charge is 2.06. The number of aryl methyl sites for hydroxylation is 1. The lowest BCUT2D eigenvalue weighted by molar-refractivity contribution is 0.0954. The van der Waals surface area contributed by atoms with E-state index in [1.807, 2.05) is 50.2 Å². The number of hydrazone groups is 1. The number of rotatable bonds is 4. The van der Waals surface area contributed by atoms with Crippen molar-refractivity contribution in [3.8, 4) is 0 Å². The second kappa shape index (κ2) is 7.18. The fourth-order valence-electron chi connectivity index (χ4n) is 1.91. The van der Waals surface area contributed by atoms with Gasteiger partial charge in [0.25, 0.3) is 5.91 Å². The predicted molar refractivity (Wildman–Crippen MR) is 89.6 cm³/mol. The van der Waals surface area contributed by atoms with Gasteiger partial charge in [0.05, 0.1) is 5.71 Å². The van der Waals surface area contributed by atoms with Crippen LogP contribution in [0.3, 0.4) is 0 Å². The maximum Gasteiger partial charge on any atom is 0.271 e. The Labute approximate surface area is 133 Å². The van der Waals surface area contributed by atoms with Crippen molar-refractivity contribution in [1.82, 2.24) is 5.43 Å². The monoisotopic (exact) mass is 344 g/mol. The molecular formula is C17H17BrN2O. The Hall–Kier alpha value is -1.94. The van der Waals surface area contributed by atoms with Gasteiger partial charge in [-0.3, -0.25) is 4.79 Å². The highest BCUT2D eigenvalue weighted by molar-refractivity contribution is 9.10. The fourth-order valence-corrected chi connectivity index (χ4v) is 2.31. The average molecular weight is 345 g/mol. The van der Waals surface area contributed by atoms with E-state index in [1.165, 1.54) is 5.56 Å². The molecule has 0 heterocycles. The first-order valence-corrected chi connectivity index (χ1v) is 7.59. The molecule has 0 aliphatic rings. The molecule has 0 unspecified atom stereocenters. The normalized spacial score (nSPS) is 11.3. The molecule has 108 valence electrons. The molecule has 21 heavy (non-hydrogen) atoms. The largest absolute Gasteiger partial charge is 0.271 e. The summed E-state index contributed by atoms with van der Waals surface area (Å²) in [5, 5.41) is 4.25. The van der Waals surface area contributed by atoms with Gasteiger partial charge < -0.3 is 0 Å². The first-order chi connectivity index (χ1) is 10.1. The molecule has 0 spiro atoms. The lowest BCUT2D eigenvalue weighted by Gasteiger charge is -2.06. The highest BCUT2D eigenvalue weighted by Crippen LogP contribution is 2.12. The van der Waals surface area contributed by atoms with Crippen LogP contribution in [0, 0.1) is 6.92 Å². The van der Waals surface area contributed by atoms with E-state index >= 15 is 0 Å². The van der Waals surface area contributed by atoms with Gasteiger partial charge in [0.15, 0.2) is 0 Å². The first kappa shape index (κ1) is 15.4. The van der Waals surface area contributed by atoms with Crippen LogP contribution in [0.5, 0.6) is 0 Å². The number of halogens is 1. The van der Waals surface area contributed by atoms with Crippen molar-refractivity contribution in [1.29, 1.82) is 0 Å². The zero-order valence-electron chi connectivity index (χ0n) is 12.1. The highest BCUT2D eigenvalue weighted by atomic mass is 79.9. The topological polar surface area (TPSA) is 41.5 Å². The molecule has 0 aliphatic heterocycles. The Morgan fingerprint density at radius 1 is 1.14 bits per heavy atom. The third-order valence-electron chi connectivity index (χ3n) is 3.10. The van der Waals surface area contributed by atoms with Crippen LogP contribution >= 0.6 is 15.9 Å². The lowest BCUT2D eigenvalue weighted by atomic mass is 10.1. The number of carbonyl (C=O) groups excluding carboxylic acids is 1. The van der Waals surface area contributed by atoms with Crippen LogP contribution in [0.1, 0.15) is 34.8 Å². The number of benzene rings is 2. The van der Waals surface area contributed by atoms with E-state index in [4.69, 9.17) is 0 Å².